The summed E-state index contributed by atoms with van der Waals surface area (Å²) in [5.41, 5.74) is 0.834. The van der Waals surface area contributed by atoms with Gasteiger partial charge in [0.05, 0.1) is 13.1 Å². The lowest BCUT2D eigenvalue weighted by atomic mass is 10.4. The second-order valence-corrected chi connectivity index (χ2v) is 3.98. The molecule has 0 bridgehead atoms. The maximum Gasteiger partial charge on any atom is 0.223 e. The number of guanidine groups is 1. The minimum Gasteiger partial charge on any atom is -0.364 e. The fourth-order valence-corrected chi connectivity index (χ4v) is 1.59. The molecule has 0 atom stereocenters. The highest BCUT2D eigenvalue weighted by molar-refractivity contribution is 14.0. The standard InChI is InChI=1S/C11H16N6O2.HI/c1-8-14-10(16-19-8)6-13-11(12-2)17(3)7-9-4-5-18-15-9;/h4-5H,6-7H2,1-3H3,(H,12,13);1H. The summed E-state index contributed by atoms with van der Waals surface area (Å²) in [6.45, 7) is 2.80. The van der Waals surface area contributed by atoms with Gasteiger partial charge in [-0.3, -0.25) is 4.99 Å². The first-order chi connectivity index (χ1) is 9.19. The first-order valence-electron chi connectivity index (χ1n) is 5.79. The van der Waals surface area contributed by atoms with Crippen LogP contribution in [-0.4, -0.2) is 40.3 Å². The highest BCUT2D eigenvalue weighted by Gasteiger charge is 2.09. The van der Waals surface area contributed by atoms with Crippen LogP contribution in [0.25, 0.3) is 0 Å². The molecule has 0 amide bonds. The van der Waals surface area contributed by atoms with Crippen molar-refractivity contribution in [3.05, 3.63) is 29.7 Å². The predicted molar refractivity (Wildman–Crippen MR) is 82.6 cm³/mol. The Bertz CT molecular complexity index is 539. The number of aromatic nitrogens is 3. The molecule has 0 unspecified atom stereocenters. The Morgan fingerprint density at radius 1 is 1.45 bits per heavy atom. The summed E-state index contributed by atoms with van der Waals surface area (Å²) < 4.78 is 9.69. The van der Waals surface area contributed by atoms with E-state index in [1.807, 2.05) is 18.0 Å². The molecule has 2 aromatic rings. The molecule has 0 saturated carbocycles. The molecule has 0 saturated heterocycles. The van der Waals surface area contributed by atoms with Crippen LogP contribution in [0.4, 0.5) is 0 Å². The molecular formula is C11H17IN6O2. The Labute approximate surface area is 133 Å². The van der Waals surface area contributed by atoms with Crippen molar-refractivity contribution in [1.82, 2.24) is 25.5 Å². The zero-order chi connectivity index (χ0) is 13.7. The lowest BCUT2D eigenvalue weighted by Gasteiger charge is -2.20. The van der Waals surface area contributed by atoms with Crippen LogP contribution in [0, 0.1) is 6.92 Å². The zero-order valence-electron chi connectivity index (χ0n) is 11.5. The first-order valence-corrected chi connectivity index (χ1v) is 5.79. The molecule has 0 aliphatic rings. The van der Waals surface area contributed by atoms with Gasteiger partial charge < -0.3 is 19.3 Å². The van der Waals surface area contributed by atoms with Crippen molar-refractivity contribution < 1.29 is 9.05 Å². The van der Waals surface area contributed by atoms with Gasteiger partial charge in [0.2, 0.25) is 5.89 Å². The minimum atomic E-state index is 0. The summed E-state index contributed by atoms with van der Waals surface area (Å²) in [5, 5.41) is 10.8. The molecule has 110 valence electrons. The van der Waals surface area contributed by atoms with E-state index in [4.69, 9.17) is 9.05 Å². The average molecular weight is 392 g/mol. The summed E-state index contributed by atoms with van der Waals surface area (Å²) >= 11 is 0. The molecular weight excluding hydrogens is 375 g/mol. The fraction of sp³-hybridized carbons (Fsp3) is 0.455. The number of aryl methyl sites for hydroxylation is 1. The summed E-state index contributed by atoms with van der Waals surface area (Å²) in [5.74, 6) is 1.85. The van der Waals surface area contributed by atoms with Crippen molar-refractivity contribution in [3.8, 4) is 0 Å². The van der Waals surface area contributed by atoms with Crippen LogP contribution in [-0.2, 0) is 13.1 Å². The molecule has 0 radical (unpaired) electrons. The Balaban J connectivity index is 0.00000200. The number of hydrogen-bond acceptors (Lipinski definition) is 6. The van der Waals surface area contributed by atoms with Gasteiger partial charge in [-0.1, -0.05) is 10.3 Å². The van der Waals surface area contributed by atoms with E-state index in [0.29, 0.717) is 30.8 Å². The zero-order valence-corrected chi connectivity index (χ0v) is 13.9. The molecule has 0 spiro atoms. The maximum absolute atomic E-state index is 4.90. The van der Waals surface area contributed by atoms with Gasteiger partial charge in [0.1, 0.15) is 12.0 Å². The smallest absolute Gasteiger partial charge is 0.223 e. The largest absolute Gasteiger partial charge is 0.364 e. The summed E-state index contributed by atoms with van der Waals surface area (Å²) in [6, 6.07) is 1.81. The molecule has 0 aromatic carbocycles. The van der Waals surface area contributed by atoms with Gasteiger partial charge in [-0.25, -0.2) is 0 Å². The lowest BCUT2D eigenvalue weighted by molar-refractivity contribution is 0.384. The van der Waals surface area contributed by atoms with E-state index in [-0.39, 0.29) is 24.0 Å². The molecule has 2 aromatic heterocycles. The maximum atomic E-state index is 4.90. The van der Waals surface area contributed by atoms with E-state index in [1.165, 1.54) is 0 Å². The third kappa shape index (κ3) is 4.47. The van der Waals surface area contributed by atoms with Gasteiger partial charge in [-0.05, 0) is 0 Å². The second-order valence-electron chi connectivity index (χ2n) is 3.98. The van der Waals surface area contributed by atoms with Crippen LogP contribution < -0.4 is 5.32 Å². The van der Waals surface area contributed by atoms with E-state index in [2.05, 4.69) is 25.6 Å². The fourth-order valence-electron chi connectivity index (χ4n) is 1.59. The predicted octanol–water partition coefficient (Wildman–Crippen LogP) is 1.19. The van der Waals surface area contributed by atoms with E-state index in [0.717, 1.165) is 5.69 Å². The van der Waals surface area contributed by atoms with Gasteiger partial charge in [0.25, 0.3) is 0 Å². The molecule has 8 nitrogen and oxygen atoms in total. The molecule has 0 aliphatic heterocycles. The van der Waals surface area contributed by atoms with E-state index in [1.54, 1.807) is 20.2 Å². The third-order valence-electron chi connectivity index (χ3n) is 2.44. The SMILES string of the molecule is CN=C(NCc1noc(C)n1)N(C)Cc1ccon1.I. The van der Waals surface area contributed by atoms with Crippen LogP contribution in [0.15, 0.2) is 26.4 Å². The first kappa shape index (κ1) is 16.4. The van der Waals surface area contributed by atoms with Crippen LogP contribution in [0.1, 0.15) is 17.4 Å². The Morgan fingerprint density at radius 2 is 2.25 bits per heavy atom. The second kappa shape index (κ2) is 7.82. The normalized spacial score (nSPS) is 11.1. The van der Waals surface area contributed by atoms with Crippen LogP contribution in [0.5, 0.6) is 0 Å². The Morgan fingerprint density at radius 3 is 2.80 bits per heavy atom. The highest BCUT2D eigenvalue weighted by Crippen LogP contribution is 2.00. The molecule has 9 heteroatoms. The van der Waals surface area contributed by atoms with Crippen molar-refractivity contribution >= 4 is 29.9 Å². The van der Waals surface area contributed by atoms with Crippen molar-refractivity contribution in [2.75, 3.05) is 14.1 Å². The molecule has 20 heavy (non-hydrogen) atoms. The Hall–Kier alpha value is -1.65. The number of rotatable bonds is 4. The lowest BCUT2D eigenvalue weighted by Crippen LogP contribution is -2.38. The highest BCUT2D eigenvalue weighted by atomic mass is 127. The molecule has 0 fully saturated rings. The van der Waals surface area contributed by atoms with Crippen LogP contribution in [0.3, 0.4) is 0 Å². The van der Waals surface area contributed by atoms with Crippen molar-refractivity contribution in [1.29, 1.82) is 0 Å². The monoisotopic (exact) mass is 392 g/mol. The van der Waals surface area contributed by atoms with Gasteiger partial charge in [-0.15, -0.1) is 24.0 Å². The molecule has 2 heterocycles. The number of nitrogens with zero attached hydrogens (tertiary/aromatic N) is 5. The third-order valence-corrected chi connectivity index (χ3v) is 2.44. The number of aliphatic imine (C=N–C) groups is 1. The summed E-state index contributed by atoms with van der Waals surface area (Å²) in [6.07, 6.45) is 1.54. The molecule has 0 aliphatic carbocycles. The van der Waals surface area contributed by atoms with Crippen molar-refractivity contribution in [2.45, 2.75) is 20.0 Å². The van der Waals surface area contributed by atoms with Gasteiger partial charge in [0, 0.05) is 27.1 Å². The van der Waals surface area contributed by atoms with E-state index < -0.39 is 0 Å². The van der Waals surface area contributed by atoms with Crippen LogP contribution >= 0.6 is 24.0 Å². The topological polar surface area (TPSA) is 92.6 Å². The van der Waals surface area contributed by atoms with Crippen LogP contribution in [0.2, 0.25) is 0 Å². The van der Waals surface area contributed by atoms with Gasteiger partial charge in [0.15, 0.2) is 11.8 Å². The van der Waals surface area contributed by atoms with Crippen molar-refractivity contribution in [3.63, 3.8) is 0 Å². The van der Waals surface area contributed by atoms with E-state index in [9.17, 15) is 0 Å². The summed E-state index contributed by atoms with van der Waals surface area (Å²) in [4.78, 5) is 10.2. The van der Waals surface area contributed by atoms with Gasteiger partial charge >= 0.3 is 0 Å². The Kier molecular flexibility index (Phi) is 6.42. The minimum absolute atomic E-state index is 0. The number of hydrogen-bond donors (Lipinski definition) is 1. The number of halogens is 1. The molecule has 1 N–H and O–H groups in total. The quantitative estimate of drug-likeness (QED) is 0.475. The van der Waals surface area contributed by atoms with Gasteiger partial charge in [-0.2, -0.15) is 4.98 Å². The van der Waals surface area contributed by atoms with E-state index >= 15 is 0 Å². The molecule has 2 rings (SSSR count). The summed E-state index contributed by atoms with van der Waals surface area (Å²) in [7, 11) is 3.62. The number of nitrogens with one attached hydrogen (secondary N) is 1. The van der Waals surface area contributed by atoms with Crippen molar-refractivity contribution in [2.24, 2.45) is 4.99 Å². The average Bonchev–Trinajstić information content (AvgIpc) is 3.02.